The molecule has 0 N–H and O–H groups in total. The van der Waals surface area contributed by atoms with Gasteiger partial charge in [0, 0.05) is 45.0 Å². The van der Waals surface area contributed by atoms with Gasteiger partial charge in [-0.2, -0.15) is 0 Å². The second-order valence-corrected chi connectivity index (χ2v) is 21.8. The summed E-state index contributed by atoms with van der Waals surface area (Å²) >= 11 is 0. The Balaban J connectivity index is 0.659. The summed E-state index contributed by atoms with van der Waals surface area (Å²) in [5.41, 5.74) is 26.9. The quantitative estimate of drug-likeness (QED) is 0.113. The molecule has 13 rings (SSSR count). The molecular formula is C76H60N2. The molecule has 0 bridgehead atoms. The van der Waals surface area contributed by atoms with Crippen molar-refractivity contribution in [2.45, 2.75) is 38.5 Å². The molecule has 374 valence electrons. The monoisotopic (exact) mass is 1000 g/mol. The molecule has 0 spiro atoms. The van der Waals surface area contributed by atoms with Gasteiger partial charge in [-0.1, -0.05) is 246 Å². The van der Waals surface area contributed by atoms with Crippen LogP contribution in [0.25, 0.3) is 68.8 Å². The van der Waals surface area contributed by atoms with Gasteiger partial charge in [0.1, 0.15) is 0 Å². The van der Waals surface area contributed by atoms with Gasteiger partial charge < -0.3 is 9.80 Å². The number of hydrogen-bond donors (Lipinski definition) is 0. The molecule has 0 fully saturated rings. The van der Waals surface area contributed by atoms with Gasteiger partial charge in [0.15, 0.2) is 0 Å². The lowest BCUT2D eigenvalue weighted by Gasteiger charge is -2.28. The first-order valence-corrected chi connectivity index (χ1v) is 27.2. The van der Waals surface area contributed by atoms with Gasteiger partial charge in [0.25, 0.3) is 0 Å². The maximum atomic E-state index is 2.40. The number of fused-ring (bicyclic) bond motifs is 6. The van der Waals surface area contributed by atoms with E-state index < -0.39 is 0 Å². The van der Waals surface area contributed by atoms with Crippen LogP contribution >= 0.6 is 0 Å². The summed E-state index contributed by atoms with van der Waals surface area (Å²) in [4.78, 5) is 4.70. The van der Waals surface area contributed by atoms with Gasteiger partial charge in [-0.05, 0) is 162 Å². The van der Waals surface area contributed by atoms with Crippen molar-refractivity contribution in [1.29, 1.82) is 0 Å². The third-order valence-electron chi connectivity index (χ3n) is 16.3. The molecule has 78 heavy (non-hydrogen) atoms. The molecular weight excluding hydrogens is 941 g/mol. The van der Waals surface area contributed by atoms with Gasteiger partial charge >= 0.3 is 0 Å². The lowest BCUT2D eigenvalue weighted by Crippen LogP contribution is -2.16. The molecule has 2 aliphatic rings. The van der Waals surface area contributed by atoms with E-state index in [1.807, 2.05) is 0 Å². The predicted octanol–water partition coefficient (Wildman–Crippen LogP) is 20.9. The highest BCUT2D eigenvalue weighted by Crippen LogP contribution is 2.53. The van der Waals surface area contributed by atoms with Gasteiger partial charge in [0.05, 0.1) is 0 Å². The number of rotatable bonds is 12. The minimum Gasteiger partial charge on any atom is -0.310 e. The molecule has 0 saturated heterocycles. The molecule has 0 saturated carbocycles. The highest BCUT2D eigenvalue weighted by atomic mass is 15.1. The van der Waals surface area contributed by atoms with Crippen LogP contribution in [0.3, 0.4) is 0 Å². The van der Waals surface area contributed by atoms with Crippen LogP contribution in [-0.4, -0.2) is 0 Å². The fourth-order valence-corrected chi connectivity index (χ4v) is 12.0. The molecule has 0 aromatic heterocycles. The zero-order valence-electron chi connectivity index (χ0n) is 44.6. The lowest BCUT2D eigenvalue weighted by molar-refractivity contribution is 0.660. The SMILES string of the molecule is CC1(C)c2cc(/C=C/c3ccc(-c4ccc(-c5ccc(/C=C/c6ccc7c(c6)C(C)(C)c6cc(N(c8ccccc8)c8ccccc8)ccc6-7)cc5)cc4)cc3)ccc2-c2ccc(N(c3ccccc3)c3ccccc3)cc21. The maximum Gasteiger partial charge on any atom is 0.0465 e. The standard InChI is InChI=1S/C76H60N2/c1-75(2)71-49-55(33-45-67(71)69-47-43-65(51-73(69)75)77(61-17-9-5-10-18-61)62-19-11-6-12-20-62)27-25-53-29-35-57(36-30-53)59-39-41-60(42-40-59)58-37-31-54(32-38-58)26-28-56-34-46-68-70-48-44-66(52-74(70)76(3,4)72(68)50-56)78(63-21-13-7-14-22-63)64-23-15-8-16-24-64/h5-52H,1-4H3/b27-25+,28-26+. The van der Waals surface area contributed by atoms with Crippen molar-refractivity contribution in [2.24, 2.45) is 0 Å². The Morgan fingerprint density at radius 2 is 0.474 bits per heavy atom. The zero-order valence-corrected chi connectivity index (χ0v) is 44.6. The molecule has 0 unspecified atom stereocenters. The second-order valence-electron chi connectivity index (χ2n) is 21.8. The second kappa shape index (κ2) is 19.9. The van der Waals surface area contributed by atoms with E-state index in [1.165, 1.54) is 89.0 Å². The first kappa shape index (κ1) is 48.2. The Morgan fingerprint density at radius 1 is 0.231 bits per heavy atom. The Morgan fingerprint density at radius 3 is 0.782 bits per heavy atom. The lowest BCUT2D eigenvalue weighted by atomic mass is 9.81. The van der Waals surface area contributed by atoms with E-state index in [0.717, 1.165) is 34.1 Å². The van der Waals surface area contributed by atoms with Crippen LogP contribution in [0.2, 0.25) is 0 Å². The predicted molar refractivity (Wildman–Crippen MR) is 333 cm³/mol. The fourth-order valence-electron chi connectivity index (χ4n) is 12.0. The van der Waals surface area contributed by atoms with Crippen LogP contribution in [0.5, 0.6) is 0 Å². The summed E-state index contributed by atoms with van der Waals surface area (Å²) in [5, 5.41) is 0. The van der Waals surface area contributed by atoms with E-state index in [4.69, 9.17) is 0 Å². The van der Waals surface area contributed by atoms with Gasteiger partial charge in [-0.3, -0.25) is 0 Å². The number of hydrogen-bond acceptors (Lipinski definition) is 2. The number of benzene rings is 11. The molecule has 2 heteroatoms. The summed E-state index contributed by atoms with van der Waals surface area (Å²) in [7, 11) is 0. The van der Waals surface area contributed by atoms with Crippen LogP contribution < -0.4 is 9.80 Å². The Labute approximate surface area is 460 Å². The maximum absolute atomic E-state index is 2.40. The van der Waals surface area contributed by atoms with Crippen molar-refractivity contribution in [1.82, 2.24) is 0 Å². The molecule has 0 atom stereocenters. The van der Waals surface area contributed by atoms with Gasteiger partial charge in [-0.15, -0.1) is 0 Å². The molecule has 0 heterocycles. The number of nitrogens with zero attached hydrogens (tertiary/aromatic N) is 2. The van der Waals surface area contributed by atoms with E-state index >= 15 is 0 Å². The highest BCUT2D eigenvalue weighted by Gasteiger charge is 2.37. The minimum atomic E-state index is -0.151. The normalized spacial score (nSPS) is 13.5. The summed E-state index contributed by atoms with van der Waals surface area (Å²) in [6, 6.07) is 97.2. The van der Waals surface area contributed by atoms with Crippen molar-refractivity contribution in [3.05, 3.63) is 311 Å². The van der Waals surface area contributed by atoms with E-state index in [-0.39, 0.29) is 10.8 Å². The summed E-state index contributed by atoms with van der Waals surface area (Å²) in [6.07, 6.45) is 8.95. The Kier molecular flexibility index (Phi) is 12.3. The zero-order chi connectivity index (χ0) is 52.8. The topological polar surface area (TPSA) is 6.48 Å². The average Bonchev–Trinajstić information content (AvgIpc) is 4.01. The van der Waals surface area contributed by atoms with Gasteiger partial charge in [-0.25, -0.2) is 0 Å². The van der Waals surface area contributed by atoms with Crippen LogP contribution in [0, 0.1) is 0 Å². The first-order valence-electron chi connectivity index (χ1n) is 27.2. The van der Waals surface area contributed by atoms with E-state index in [1.54, 1.807) is 0 Å². The van der Waals surface area contributed by atoms with Crippen LogP contribution in [0.15, 0.2) is 267 Å². The largest absolute Gasteiger partial charge is 0.310 e. The molecule has 2 nitrogen and oxygen atoms in total. The number of para-hydroxylation sites is 4. The van der Waals surface area contributed by atoms with Crippen molar-refractivity contribution >= 4 is 58.4 Å². The van der Waals surface area contributed by atoms with E-state index in [9.17, 15) is 0 Å². The summed E-state index contributed by atoms with van der Waals surface area (Å²) in [5.74, 6) is 0. The molecule has 0 aliphatic heterocycles. The highest BCUT2D eigenvalue weighted by molar-refractivity contribution is 5.89. The van der Waals surface area contributed by atoms with Crippen LogP contribution in [-0.2, 0) is 10.8 Å². The first-order chi connectivity index (χ1) is 38.2. The molecule has 11 aromatic rings. The smallest absolute Gasteiger partial charge is 0.0465 e. The van der Waals surface area contributed by atoms with Crippen molar-refractivity contribution < 1.29 is 0 Å². The number of anilines is 6. The molecule has 2 aliphatic carbocycles. The van der Waals surface area contributed by atoms with E-state index in [2.05, 4.69) is 329 Å². The molecule has 11 aromatic carbocycles. The minimum absolute atomic E-state index is 0.151. The average molecular weight is 1000 g/mol. The van der Waals surface area contributed by atoms with Gasteiger partial charge in [0.2, 0.25) is 0 Å². The van der Waals surface area contributed by atoms with Crippen molar-refractivity contribution in [3.8, 4) is 44.5 Å². The molecule has 0 radical (unpaired) electrons. The third-order valence-corrected chi connectivity index (χ3v) is 16.3. The van der Waals surface area contributed by atoms with E-state index in [0.29, 0.717) is 0 Å². The summed E-state index contributed by atoms with van der Waals surface area (Å²) < 4.78 is 0. The van der Waals surface area contributed by atoms with Crippen LogP contribution in [0.1, 0.15) is 72.2 Å². The third kappa shape index (κ3) is 8.95. The summed E-state index contributed by atoms with van der Waals surface area (Å²) in [6.45, 7) is 9.45. The Hall–Kier alpha value is -9.50. The van der Waals surface area contributed by atoms with Crippen molar-refractivity contribution in [2.75, 3.05) is 9.80 Å². The van der Waals surface area contributed by atoms with Crippen molar-refractivity contribution in [3.63, 3.8) is 0 Å². The molecule has 0 amide bonds. The Bertz CT molecular complexity index is 3680. The van der Waals surface area contributed by atoms with Crippen LogP contribution in [0.4, 0.5) is 34.1 Å². The fraction of sp³-hybridized carbons (Fsp3) is 0.0789.